The van der Waals surface area contributed by atoms with Crippen LogP contribution in [0.5, 0.6) is 0 Å². The molecule has 0 aliphatic carbocycles. The molecule has 9 heteroatoms. The topological polar surface area (TPSA) is 83.8 Å². The highest BCUT2D eigenvalue weighted by Crippen LogP contribution is 2.27. The molecule has 0 aliphatic rings. The minimum atomic E-state index is -0.723. The van der Waals surface area contributed by atoms with Crippen LogP contribution in [0, 0.1) is 0 Å². The van der Waals surface area contributed by atoms with Crippen molar-refractivity contribution in [2.24, 2.45) is 10.3 Å². The molecule has 28 heavy (non-hydrogen) atoms. The molecule has 0 radical (unpaired) electrons. The summed E-state index contributed by atoms with van der Waals surface area (Å²) in [7, 11) is 6.03. The number of amides is 2. The van der Waals surface area contributed by atoms with Gasteiger partial charge in [0.05, 0.1) is 0 Å². The van der Waals surface area contributed by atoms with Crippen molar-refractivity contribution in [1.29, 1.82) is 0 Å². The number of benzene rings is 1. The van der Waals surface area contributed by atoms with E-state index in [0.717, 1.165) is 4.90 Å². The number of hydrogen-bond acceptors (Lipinski definition) is 7. The average Bonchev–Trinajstić information content (AvgIpc) is 2.61. The van der Waals surface area contributed by atoms with Crippen LogP contribution in [0.15, 0.2) is 39.5 Å². The molecule has 2 amide bonds. The fourth-order valence-corrected chi connectivity index (χ4v) is 2.69. The number of carbonyl (C=O) groups excluding carboxylic acids is 2. The van der Waals surface area contributed by atoms with Crippen molar-refractivity contribution >= 4 is 35.4 Å². The second-order valence-corrected chi connectivity index (χ2v) is 8.42. The first-order valence-electron chi connectivity index (χ1n) is 8.58. The van der Waals surface area contributed by atoms with E-state index in [9.17, 15) is 9.59 Å². The Bertz CT molecular complexity index is 752. The monoisotopic (exact) mass is 408 g/mol. The molecule has 0 fully saturated rings. The van der Waals surface area contributed by atoms with Crippen LogP contribution < -0.4 is 0 Å². The van der Waals surface area contributed by atoms with E-state index in [2.05, 4.69) is 35.9 Å². The SMILES string of the molecule is CO/N=C(C)\C(=N\OC(=O)N(C)Sc1ccc(C(C)(C)C)cc1)C(=O)N(C)C. The fraction of sp³-hybridized carbons (Fsp3) is 0.474. The number of nitrogens with zero attached hydrogens (tertiary/aromatic N) is 4. The maximum atomic E-state index is 12.2. The highest BCUT2D eigenvalue weighted by atomic mass is 32.2. The van der Waals surface area contributed by atoms with Crippen molar-refractivity contribution < 1.29 is 19.3 Å². The minimum Gasteiger partial charge on any atom is -0.399 e. The third kappa shape index (κ3) is 6.88. The van der Waals surface area contributed by atoms with Gasteiger partial charge in [-0.3, -0.25) is 9.63 Å². The summed E-state index contributed by atoms with van der Waals surface area (Å²) >= 11 is 1.20. The van der Waals surface area contributed by atoms with Crippen molar-refractivity contribution in [3.05, 3.63) is 29.8 Å². The van der Waals surface area contributed by atoms with Crippen LogP contribution in [-0.4, -0.2) is 60.9 Å². The van der Waals surface area contributed by atoms with Crippen LogP contribution in [0.4, 0.5) is 4.79 Å². The number of oxime groups is 2. The van der Waals surface area contributed by atoms with Crippen LogP contribution in [0.25, 0.3) is 0 Å². The van der Waals surface area contributed by atoms with Gasteiger partial charge >= 0.3 is 6.09 Å². The molecule has 1 rings (SSSR count). The van der Waals surface area contributed by atoms with E-state index in [1.54, 1.807) is 21.1 Å². The molecular formula is C19H28N4O4S. The predicted molar refractivity (Wildman–Crippen MR) is 111 cm³/mol. The Balaban J connectivity index is 2.85. The first-order chi connectivity index (χ1) is 13.0. The zero-order valence-electron chi connectivity index (χ0n) is 17.6. The fourth-order valence-electron chi connectivity index (χ4n) is 2.01. The summed E-state index contributed by atoms with van der Waals surface area (Å²) in [6.45, 7) is 7.95. The van der Waals surface area contributed by atoms with Crippen LogP contribution >= 0.6 is 11.9 Å². The lowest BCUT2D eigenvalue weighted by molar-refractivity contribution is -0.121. The third-order valence-electron chi connectivity index (χ3n) is 3.61. The molecule has 1 aromatic rings. The van der Waals surface area contributed by atoms with Gasteiger partial charge in [-0.2, -0.15) is 0 Å². The van der Waals surface area contributed by atoms with Gasteiger partial charge < -0.3 is 9.74 Å². The number of hydrogen-bond donors (Lipinski definition) is 0. The smallest absolute Gasteiger partial charge is 0.399 e. The lowest BCUT2D eigenvalue weighted by Crippen LogP contribution is -2.35. The van der Waals surface area contributed by atoms with E-state index in [0.29, 0.717) is 0 Å². The van der Waals surface area contributed by atoms with Crippen LogP contribution in [0.2, 0.25) is 0 Å². The molecule has 0 atom stereocenters. The average molecular weight is 409 g/mol. The normalized spacial score (nSPS) is 12.4. The quantitative estimate of drug-likeness (QED) is 0.311. The summed E-state index contributed by atoms with van der Waals surface area (Å²) in [4.78, 5) is 36.2. The van der Waals surface area contributed by atoms with Gasteiger partial charge in [0.2, 0.25) is 0 Å². The van der Waals surface area contributed by atoms with Crippen molar-refractivity contribution in [3.8, 4) is 0 Å². The Morgan fingerprint density at radius 2 is 1.61 bits per heavy atom. The van der Waals surface area contributed by atoms with E-state index >= 15 is 0 Å². The van der Waals surface area contributed by atoms with Crippen LogP contribution in [0.1, 0.15) is 33.3 Å². The molecule has 0 aromatic heterocycles. The zero-order valence-corrected chi connectivity index (χ0v) is 18.5. The van der Waals surface area contributed by atoms with Gasteiger partial charge in [0.15, 0.2) is 5.71 Å². The first-order valence-corrected chi connectivity index (χ1v) is 9.35. The second-order valence-electron chi connectivity index (χ2n) is 7.22. The van der Waals surface area contributed by atoms with E-state index in [-0.39, 0.29) is 16.8 Å². The summed E-state index contributed by atoms with van der Waals surface area (Å²) < 4.78 is 1.29. The molecule has 0 bridgehead atoms. The lowest BCUT2D eigenvalue weighted by atomic mass is 9.87. The zero-order chi connectivity index (χ0) is 21.5. The second kappa shape index (κ2) is 10.1. The maximum absolute atomic E-state index is 12.2. The Morgan fingerprint density at radius 3 is 2.07 bits per heavy atom. The molecular weight excluding hydrogens is 380 g/mol. The van der Waals surface area contributed by atoms with Gasteiger partial charge in [-0.15, -0.1) is 0 Å². The van der Waals surface area contributed by atoms with Gasteiger partial charge in [-0.1, -0.05) is 43.2 Å². The number of rotatable bonds is 6. The van der Waals surface area contributed by atoms with E-state index < -0.39 is 12.0 Å². The Kier molecular flexibility index (Phi) is 8.49. The van der Waals surface area contributed by atoms with Crippen LogP contribution in [0.3, 0.4) is 0 Å². The van der Waals surface area contributed by atoms with E-state index in [4.69, 9.17) is 4.84 Å². The maximum Gasteiger partial charge on any atom is 0.446 e. The Hall–Kier alpha value is -2.55. The predicted octanol–water partition coefficient (Wildman–Crippen LogP) is 3.53. The summed E-state index contributed by atoms with van der Waals surface area (Å²) in [6, 6.07) is 7.93. The third-order valence-corrected chi connectivity index (χ3v) is 4.52. The molecule has 1 aromatic carbocycles. The molecule has 0 unspecified atom stereocenters. The standard InChI is InChI=1S/C19H28N4O4S/c1-13(20-26-8)16(17(24)22(5)6)21-27-18(25)23(7)28-15-11-9-14(10-12-15)19(2,3)4/h9-12H,1-8H3/b20-13-,21-16-. The van der Waals surface area contributed by atoms with Crippen molar-refractivity contribution in [2.75, 3.05) is 28.3 Å². The molecule has 0 spiro atoms. The molecule has 0 heterocycles. The lowest BCUT2D eigenvalue weighted by Gasteiger charge is -2.19. The molecule has 8 nitrogen and oxygen atoms in total. The molecule has 154 valence electrons. The minimum absolute atomic E-state index is 0.0553. The largest absolute Gasteiger partial charge is 0.446 e. The van der Waals surface area contributed by atoms with Gasteiger partial charge in [0.1, 0.15) is 12.8 Å². The van der Waals surface area contributed by atoms with Crippen molar-refractivity contribution in [3.63, 3.8) is 0 Å². The van der Waals surface area contributed by atoms with Gasteiger partial charge in [0, 0.05) is 26.0 Å². The molecule has 0 N–H and O–H groups in total. The van der Waals surface area contributed by atoms with Gasteiger partial charge in [0.25, 0.3) is 5.91 Å². The van der Waals surface area contributed by atoms with Crippen molar-refractivity contribution in [2.45, 2.75) is 38.0 Å². The molecule has 0 saturated carbocycles. The number of carbonyl (C=O) groups is 2. The highest BCUT2D eigenvalue weighted by Gasteiger charge is 2.21. The van der Waals surface area contributed by atoms with Crippen molar-refractivity contribution in [1.82, 2.24) is 9.21 Å². The first kappa shape index (κ1) is 23.5. The Labute approximate surface area is 170 Å². The van der Waals surface area contributed by atoms with Gasteiger partial charge in [-0.25, -0.2) is 9.10 Å². The summed E-state index contributed by atoms with van der Waals surface area (Å²) in [5.74, 6) is -0.459. The van der Waals surface area contributed by atoms with E-state index in [1.807, 2.05) is 24.3 Å². The summed E-state index contributed by atoms with van der Waals surface area (Å²) in [5.41, 5.74) is 1.33. The van der Waals surface area contributed by atoms with E-state index in [1.165, 1.54) is 40.8 Å². The summed E-state index contributed by atoms with van der Waals surface area (Å²) in [5, 5.41) is 7.36. The molecule has 0 aliphatic heterocycles. The molecule has 0 saturated heterocycles. The highest BCUT2D eigenvalue weighted by molar-refractivity contribution is 7.97. The summed E-state index contributed by atoms with van der Waals surface area (Å²) in [6.07, 6.45) is -0.723. The van der Waals surface area contributed by atoms with Gasteiger partial charge in [-0.05, 0) is 42.0 Å². The Morgan fingerprint density at radius 1 is 1.04 bits per heavy atom. The van der Waals surface area contributed by atoms with Crippen LogP contribution in [-0.2, 0) is 19.9 Å².